The maximum Gasteiger partial charge on any atom is 0.404 e. The molecule has 140 valence electrons. The highest BCUT2D eigenvalue weighted by molar-refractivity contribution is 6.07. The molecule has 3 N–H and O–H groups in total. The fourth-order valence-electron chi connectivity index (χ4n) is 3.67. The Balaban J connectivity index is 1.67. The van der Waals surface area contributed by atoms with Crippen molar-refractivity contribution in [3.05, 3.63) is 41.5 Å². The second-order valence-electron chi connectivity index (χ2n) is 6.65. The minimum absolute atomic E-state index is 0.0756. The van der Waals surface area contributed by atoms with E-state index in [1.807, 2.05) is 24.3 Å². The Bertz CT molecular complexity index is 915. The summed E-state index contributed by atoms with van der Waals surface area (Å²) in [6.45, 7) is 0.197. The third-order valence-electron chi connectivity index (χ3n) is 4.95. The molecule has 1 aromatic heterocycles. The van der Waals surface area contributed by atoms with Crippen LogP contribution in [0.3, 0.4) is 0 Å². The van der Waals surface area contributed by atoms with Gasteiger partial charge in [-0.25, -0.2) is 4.79 Å². The molecule has 4 rings (SSSR count). The van der Waals surface area contributed by atoms with Crippen LogP contribution in [-0.4, -0.2) is 41.8 Å². The number of nitrogens with zero attached hydrogens (tertiary/aromatic N) is 2. The van der Waals surface area contributed by atoms with Crippen LogP contribution >= 0.6 is 0 Å². The third kappa shape index (κ3) is 3.25. The van der Waals surface area contributed by atoms with Crippen LogP contribution in [0, 0.1) is 0 Å². The van der Waals surface area contributed by atoms with E-state index in [9.17, 15) is 9.59 Å². The van der Waals surface area contributed by atoms with Gasteiger partial charge in [-0.3, -0.25) is 9.69 Å². The van der Waals surface area contributed by atoms with Gasteiger partial charge in [0.25, 0.3) is 5.91 Å². The second-order valence-corrected chi connectivity index (χ2v) is 6.65. The molecular formula is C19H20N4O4. The first-order valence-corrected chi connectivity index (χ1v) is 8.78. The van der Waals surface area contributed by atoms with Crippen LogP contribution < -0.4 is 20.3 Å². The molecule has 0 spiro atoms. The van der Waals surface area contributed by atoms with E-state index in [0.29, 0.717) is 18.1 Å². The predicted octanol–water partition coefficient (Wildman–Crippen LogP) is 2.31. The third-order valence-corrected chi connectivity index (χ3v) is 4.95. The number of hydrogen-bond acceptors (Lipinski definition) is 5. The number of carboxylic acid groups (broad SMARTS) is 1. The van der Waals surface area contributed by atoms with E-state index in [4.69, 9.17) is 9.84 Å². The summed E-state index contributed by atoms with van der Waals surface area (Å²) < 4.78 is 5.20. The molecule has 2 aromatic rings. The van der Waals surface area contributed by atoms with Gasteiger partial charge in [0.05, 0.1) is 25.0 Å². The Morgan fingerprint density at radius 1 is 1.33 bits per heavy atom. The van der Waals surface area contributed by atoms with Crippen molar-refractivity contribution in [2.24, 2.45) is 0 Å². The lowest BCUT2D eigenvalue weighted by atomic mass is 9.88. The van der Waals surface area contributed by atoms with Gasteiger partial charge >= 0.3 is 6.09 Å². The summed E-state index contributed by atoms with van der Waals surface area (Å²) in [5.41, 5.74) is 3.77. The number of nitrogens with one attached hydrogen (secondary N) is 2. The summed E-state index contributed by atoms with van der Waals surface area (Å²) in [4.78, 5) is 29.5. The number of anilines is 3. The molecule has 0 saturated heterocycles. The monoisotopic (exact) mass is 368 g/mol. The van der Waals surface area contributed by atoms with Crippen LogP contribution in [-0.2, 0) is 17.6 Å². The fourth-order valence-corrected chi connectivity index (χ4v) is 3.67. The highest BCUT2D eigenvalue weighted by Gasteiger charge is 2.29. The number of pyridine rings is 1. The number of aryl methyl sites for hydroxylation is 1. The molecule has 1 unspecified atom stereocenters. The number of carbonyl (C=O) groups is 2. The van der Waals surface area contributed by atoms with Gasteiger partial charge in [-0.05, 0) is 48.6 Å². The first-order chi connectivity index (χ1) is 13.0. The highest BCUT2D eigenvalue weighted by atomic mass is 16.5. The number of methoxy groups -OCH3 is 1. The number of carbonyl (C=O) groups excluding carboxylic acids is 1. The zero-order chi connectivity index (χ0) is 19.0. The quantitative estimate of drug-likeness (QED) is 0.768. The number of fused-ring (bicyclic) bond motifs is 2. The van der Waals surface area contributed by atoms with E-state index < -0.39 is 6.09 Å². The van der Waals surface area contributed by atoms with Gasteiger partial charge in [0.1, 0.15) is 0 Å². The first kappa shape index (κ1) is 17.1. The van der Waals surface area contributed by atoms with E-state index in [1.165, 1.54) is 7.11 Å². The summed E-state index contributed by atoms with van der Waals surface area (Å²) in [6, 6.07) is 9.38. The van der Waals surface area contributed by atoms with Crippen LogP contribution in [0.2, 0.25) is 0 Å². The molecule has 1 atom stereocenters. The van der Waals surface area contributed by atoms with Crippen molar-refractivity contribution in [3.8, 4) is 5.88 Å². The lowest BCUT2D eigenvalue weighted by Gasteiger charge is -2.31. The van der Waals surface area contributed by atoms with Crippen molar-refractivity contribution in [1.82, 2.24) is 10.3 Å². The Morgan fingerprint density at radius 3 is 2.96 bits per heavy atom. The van der Waals surface area contributed by atoms with Gasteiger partial charge in [0, 0.05) is 12.1 Å². The van der Waals surface area contributed by atoms with Gasteiger partial charge in [0.15, 0.2) is 5.82 Å². The van der Waals surface area contributed by atoms with Gasteiger partial charge in [-0.1, -0.05) is 6.07 Å². The fraction of sp³-hybridized carbons (Fsp3) is 0.316. The van der Waals surface area contributed by atoms with Crippen LogP contribution in [0.5, 0.6) is 5.88 Å². The maximum absolute atomic E-state index is 12.6. The van der Waals surface area contributed by atoms with E-state index in [2.05, 4.69) is 15.6 Å². The van der Waals surface area contributed by atoms with E-state index >= 15 is 0 Å². The molecule has 0 fully saturated rings. The van der Waals surface area contributed by atoms with E-state index in [0.717, 1.165) is 35.3 Å². The SMILES string of the molecule is COc1ccc2c(n1)N(c1ccc3c(c1)CCC(NC(=O)O)C3)C(=O)CN2. The van der Waals surface area contributed by atoms with Crippen LogP contribution in [0.25, 0.3) is 0 Å². The molecule has 0 bridgehead atoms. The number of hydrogen-bond donors (Lipinski definition) is 3. The lowest BCUT2D eigenvalue weighted by molar-refractivity contribution is -0.116. The average molecular weight is 368 g/mol. The number of benzene rings is 1. The molecule has 2 amide bonds. The molecule has 2 aliphatic rings. The molecule has 1 aromatic carbocycles. The standard InChI is InChI=1S/C19H20N4O4/c1-27-16-7-6-15-18(22-16)23(17(24)10-20-15)14-5-3-11-8-13(21-19(25)26)4-2-12(11)9-14/h3,5-7,9,13,20-21H,2,4,8,10H2,1H3,(H,25,26). The Labute approximate surface area is 156 Å². The van der Waals surface area contributed by atoms with Crippen molar-refractivity contribution in [2.45, 2.75) is 25.3 Å². The topological polar surface area (TPSA) is 104 Å². The summed E-state index contributed by atoms with van der Waals surface area (Å²) in [5, 5.41) is 14.5. The van der Waals surface area contributed by atoms with Crippen LogP contribution in [0.15, 0.2) is 30.3 Å². The van der Waals surface area contributed by atoms with E-state index in [-0.39, 0.29) is 18.5 Å². The molecule has 8 nitrogen and oxygen atoms in total. The number of amides is 2. The first-order valence-electron chi connectivity index (χ1n) is 8.78. The number of aromatic nitrogens is 1. The summed E-state index contributed by atoms with van der Waals surface area (Å²) in [5.74, 6) is 0.868. The van der Waals surface area contributed by atoms with Gasteiger partial charge in [-0.15, -0.1) is 0 Å². The molecule has 1 aliphatic heterocycles. The van der Waals surface area contributed by atoms with Gasteiger partial charge < -0.3 is 20.5 Å². The molecule has 1 aliphatic carbocycles. The normalized spacial score (nSPS) is 18.2. The second kappa shape index (κ2) is 6.79. The zero-order valence-electron chi connectivity index (χ0n) is 14.9. The molecule has 8 heteroatoms. The Morgan fingerprint density at radius 2 is 2.19 bits per heavy atom. The molecule has 27 heavy (non-hydrogen) atoms. The van der Waals surface area contributed by atoms with Crippen molar-refractivity contribution >= 4 is 29.2 Å². The zero-order valence-corrected chi connectivity index (χ0v) is 14.9. The molecule has 0 radical (unpaired) electrons. The maximum atomic E-state index is 12.6. The minimum atomic E-state index is -0.997. The van der Waals surface area contributed by atoms with Crippen molar-refractivity contribution in [1.29, 1.82) is 0 Å². The van der Waals surface area contributed by atoms with E-state index in [1.54, 1.807) is 11.0 Å². The average Bonchev–Trinajstić information content (AvgIpc) is 2.66. The van der Waals surface area contributed by atoms with Crippen molar-refractivity contribution in [3.63, 3.8) is 0 Å². The largest absolute Gasteiger partial charge is 0.481 e. The number of ether oxygens (including phenoxy) is 1. The number of rotatable bonds is 3. The summed E-state index contributed by atoms with van der Waals surface area (Å²) in [6.07, 6.45) is 1.15. The van der Waals surface area contributed by atoms with Gasteiger partial charge in [-0.2, -0.15) is 4.98 Å². The molecule has 2 heterocycles. The lowest BCUT2D eigenvalue weighted by Crippen LogP contribution is -2.38. The van der Waals surface area contributed by atoms with Gasteiger partial charge in [0.2, 0.25) is 5.88 Å². The smallest absolute Gasteiger partial charge is 0.404 e. The summed E-state index contributed by atoms with van der Waals surface area (Å²) >= 11 is 0. The van der Waals surface area contributed by atoms with Crippen molar-refractivity contribution < 1.29 is 19.4 Å². The van der Waals surface area contributed by atoms with Crippen LogP contribution in [0.4, 0.5) is 22.0 Å². The molecule has 0 saturated carbocycles. The highest BCUT2D eigenvalue weighted by Crippen LogP contribution is 2.36. The summed E-state index contributed by atoms with van der Waals surface area (Å²) in [7, 11) is 1.54. The predicted molar refractivity (Wildman–Crippen MR) is 99.8 cm³/mol. The Hall–Kier alpha value is -3.29. The molecular weight excluding hydrogens is 348 g/mol. The Kier molecular flexibility index (Phi) is 4.31. The van der Waals surface area contributed by atoms with Crippen LogP contribution in [0.1, 0.15) is 17.5 Å². The minimum Gasteiger partial charge on any atom is -0.481 e. The van der Waals surface area contributed by atoms with Crippen molar-refractivity contribution in [2.75, 3.05) is 23.9 Å².